The maximum atomic E-state index is 14.6. The van der Waals surface area contributed by atoms with Crippen LogP contribution in [-0.2, 0) is 6.42 Å². The molecule has 2 aromatic rings. The highest BCUT2D eigenvalue weighted by atomic mass is 19.2. The second-order valence-electron chi connectivity index (χ2n) is 10.1. The molecule has 2 rings (SSSR count). The average Bonchev–Trinajstić information content (AvgIpc) is 3.00. The third-order valence-corrected chi connectivity index (χ3v) is 6.92. The van der Waals surface area contributed by atoms with Gasteiger partial charge in [-0.25, -0.2) is 8.78 Å². The van der Waals surface area contributed by atoms with Crippen LogP contribution in [0.5, 0.6) is 0 Å². The number of benzene rings is 2. The van der Waals surface area contributed by atoms with Crippen LogP contribution in [0.4, 0.5) is 20.2 Å². The number of hydrogen-bond acceptors (Lipinski definition) is 8. The van der Waals surface area contributed by atoms with Crippen LogP contribution in [0.15, 0.2) is 66.1 Å². The molecule has 0 saturated carbocycles. The molecule has 0 bridgehead atoms. The van der Waals surface area contributed by atoms with Gasteiger partial charge in [0.25, 0.3) is 5.91 Å². The zero-order valence-electron chi connectivity index (χ0n) is 26.0. The Morgan fingerprint density at radius 1 is 1.12 bits per heavy atom. The Labute approximate surface area is 254 Å². The number of anilines is 2. The van der Waals surface area contributed by atoms with Gasteiger partial charge in [-0.2, -0.15) is 0 Å². The summed E-state index contributed by atoms with van der Waals surface area (Å²) in [5.41, 5.74) is 15.7. The first kappa shape index (κ1) is 35.0. The van der Waals surface area contributed by atoms with E-state index >= 15 is 0 Å². The quantitative estimate of drug-likeness (QED) is 0.0961. The number of aryl methyl sites for hydroxylation is 1. The second kappa shape index (κ2) is 17.0. The van der Waals surface area contributed by atoms with Crippen LogP contribution in [0, 0.1) is 11.6 Å². The van der Waals surface area contributed by atoms with Gasteiger partial charge in [-0.3, -0.25) is 9.79 Å². The summed E-state index contributed by atoms with van der Waals surface area (Å²) >= 11 is 0. The van der Waals surface area contributed by atoms with Crippen molar-refractivity contribution in [1.82, 2.24) is 15.5 Å². The third kappa shape index (κ3) is 9.65. The summed E-state index contributed by atoms with van der Waals surface area (Å²) in [7, 11) is 3.44. The van der Waals surface area contributed by atoms with Crippen molar-refractivity contribution in [3.05, 3.63) is 89.4 Å². The summed E-state index contributed by atoms with van der Waals surface area (Å²) in [6, 6.07) is 8.27. The minimum absolute atomic E-state index is 0.0905. The normalized spacial score (nSPS) is 13.4. The van der Waals surface area contributed by atoms with Gasteiger partial charge in [0.15, 0.2) is 11.6 Å². The monoisotopic (exact) mass is 596 g/mol. The van der Waals surface area contributed by atoms with Gasteiger partial charge in [-0.1, -0.05) is 19.6 Å². The van der Waals surface area contributed by atoms with E-state index in [0.717, 1.165) is 11.3 Å². The molecule has 0 radical (unpaired) electrons. The number of amides is 1. The van der Waals surface area contributed by atoms with Crippen LogP contribution in [0.3, 0.4) is 0 Å². The lowest BCUT2D eigenvalue weighted by Gasteiger charge is -2.29. The molecule has 0 aromatic heterocycles. The van der Waals surface area contributed by atoms with Gasteiger partial charge >= 0.3 is 0 Å². The molecule has 2 aromatic carbocycles. The zero-order valence-corrected chi connectivity index (χ0v) is 26.0. The van der Waals surface area contributed by atoms with Crippen LogP contribution in [0.25, 0.3) is 5.57 Å². The molecule has 0 aliphatic carbocycles. The molecule has 2 atom stereocenters. The van der Waals surface area contributed by atoms with Crippen molar-refractivity contribution in [3.8, 4) is 0 Å². The zero-order chi connectivity index (χ0) is 32.1. The molecule has 8 N–H and O–H groups in total. The number of nitrogens with one attached hydrogen (secondary N) is 4. The largest absolute Gasteiger partial charge is 0.386 e. The molecular weight excluding hydrogens is 550 g/mol. The van der Waals surface area contributed by atoms with Crippen LogP contribution >= 0.6 is 0 Å². The molecule has 0 aliphatic heterocycles. The molecule has 0 spiro atoms. The molecule has 1 amide bonds. The molecule has 43 heavy (non-hydrogen) atoms. The van der Waals surface area contributed by atoms with E-state index < -0.39 is 11.6 Å². The molecule has 234 valence electrons. The van der Waals surface area contributed by atoms with Crippen molar-refractivity contribution in [2.75, 3.05) is 44.4 Å². The first-order valence-electron chi connectivity index (χ1n) is 14.3. The van der Waals surface area contributed by atoms with E-state index in [0.29, 0.717) is 48.6 Å². The van der Waals surface area contributed by atoms with Gasteiger partial charge in [0.05, 0.1) is 17.4 Å². The summed E-state index contributed by atoms with van der Waals surface area (Å²) < 4.78 is 28.9. The molecule has 0 heterocycles. The van der Waals surface area contributed by atoms with Crippen molar-refractivity contribution in [2.45, 2.75) is 46.3 Å². The highest BCUT2D eigenvalue weighted by molar-refractivity contribution is 5.96. The van der Waals surface area contributed by atoms with Gasteiger partial charge < -0.3 is 37.6 Å². The highest BCUT2D eigenvalue weighted by Gasteiger charge is 2.18. The minimum Gasteiger partial charge on any atom is -0.386 e. The van der Waals surface area contributed by atoms with E-state index in [1.165, 1.54) is 25.4 Å². The van der Waals surface area contributed by atoms with Gasteiger partial charge in [-0.05, 0) is 74.9 Å². The number of nitrogens with two attached hydrogens (primary N) is 2. The number of carbonyl (C=O) groups excluding carboxylic acids is 1. The Bertz CT molecular complexity index is 1360. The number of allylic oxidation sites excluding steroid dienone is 2. The van der Waals surface area contributed by atoms with Crippen LogP contribution in [0.2, 0.25) is 0 Å². The van der Waals surface area contributed by atoms with E-state index in [-0.39, 0.29) is 29.4 Å². The van der Waals surface area contributed by atoms with E-state index in [2.05, 4.69) is 32.8 Å². The topological polar surface area (TPSA) is 133 Å². The van der Waals surface area contributed by atoms with Crippen LogP contribution in [-0.4, -0.2) is 62.5 Å². The van der Waals surface area contributed by atoms with E-state index in [9.17, 15) is 13.6 Å². The Morgan fingerprint density at radius 2 is 1.79 bits per heavy atom. The molecule has 0 saturated heterocycles. The number of halogens is 2. The lowest BCUT2D eigenvalue weighted by Crippen LogP contribution is -2.40. The van der Waals surface area contributed by atoms with Crippen molar-refractivity contribution in [2.24, 2.45) is 16.5 Å². The van der Waals surface area contributed by atoms with Gasteiger partial charge in [0.2, 0.25) is 0 Å². The SMILES string of the molecule is C=C(NCCNC(=O)c1ccc(NC(/C(C)=N/C=C(\C)c2ccc(NC)c(F)c2F)N(C)/C=C\C)cc1CC)C(N)CN. The summed E-state index contributed by atoms with van der Waals surface area (Å²) in [5.74, 6) is -2.03. The van der Waals surface area contributed by atoms with Crippen molar-refractivity contribution < 1.29 is 13.6 Å². The maximum Gasteiger partial charge on any atom is 0.251 e. The van der Waals surface area contributed by atoms with Gasteiger partial charge in [-0.15, -0.1) is 0 Å². The second-order valence-corrected chi connectivity index (χ2v) is 10.1. The fraction of sp³-hybridized carbons (Fsp3) is 0.375. The highest BCUT2D eigenvalue weighted by Crippen LogP contribution is 2.25. The molecule has 2 unspecified atom stereocenters. The molecule has 0 fully saturated rings. The summed E-state index contributed by atoms with van der Waals surface area (Å²) in [6.07, 6.45) is 5.63. The first-order chi connectivity index (χ1) is 20.5. The molecule has 9 nitrogen and oxygen atoms in total. The number of nitrogens with zero attached hydrogens (tertiary/aromatic N) is 2. The van der Waals surface area contributed by atoms with Gasteiger partial charge in [0.1, 0.15) is 6.17 Å². The number of aliphatic imine (C=N–C) groups is 1. The lowest BCUT2D eigenvalue weighted by molar-refractivity contribution is 0.0953. The van der Waals surface area contributed by atoms with Crippen molar-refractivity contribution in [3.63, 3.8) is 0 Å². The molecule has 0 aliphatic rings. The number of carbonyl (C=O) groups is 1. The minimum atomic E-state index is -0.931. The molecule has 11 heteroatoms. The maximum absolute atomic E-state index is 14.6. The Kier molecular flexibility index (Phi) is 13.9. The number of rotatable bonds is 16. The smallest absolute Gasteiger partial charge is 0.251 e. The standard InChI is InChI=1S/C32H46F2N8O/c1-8-16-42(7)31(22(5)40-19-20(3)25-12-13-28(37-6)30(34)29(25)33)41-24-10-11-26(23(9-2)17-24)32(43)39-15-14-38-21(4)27(36)18-35/h8,10-13,16-17,19,27,31,37-38,41H,4,9,14-15,18,35-36H2,1-3,5-7H3,(H,39,43)/b16-8-,20-19+,40-22+. The summed E-state index contributed by atoms with van der Waals surface area (Å²) in [6.45, 7) is 12.5. The first-order valence-corrected chi connectivity index (χ1v) is 14.3. The average molecular weight is 597 g/mol. The van der Waals surface area contributed by atoms with E-state index in [4.69, 9.17) is 11.5 Å². The van der Waals surface area contributed by atoms with Crippen LogP contribution in [0.1, 0.15) is 49.2 Å². The van der Waals surface area contributed by atoms with E-state index in [1.807, 2.05) is 57.1 Å². The molecular formula is C32H46F2N8O. The van der Waals surface area contributed by atoms with Gasteiger partial charge in [0, 0.05) is 62.4 Å². The fourth-order valence-corrected chi connectivity index (χ4v) is 4.33. The number of hydrogen-bond donors (Lipinski definition) is 6. The Morgan fingerprint density at radius 3 is 2.42 bits per heavy atom. The third-order valence-electron chi connectivity index (χ3n) is 6.92. The Hall–Kier alpha value is -4.22. The predicted molar refractivity (Wildman–Crippen MR) is 175 cm³/mol. The van der Waals surface area contributed by atoms with Crippen molar-refractivity contribution in [1.29, 1.82) is 0 Å². The predicted octanol–water partition coefficient (Wildman–Crippen LogP) is 4.41. The van der Waals surface area contributed by atoms with Crippen molar-refractivity contribution >= 4 is 28.6 Å². The lowest BCUT2D eigenvalue weighted by atomic mass is 10.0. The fourth-order valence-electron chi connectivity index (χ4n) is 4.33. The van der Waals surface area contributed by atoms with Crippen LogP contribution < -0.4 is 32.7 Å². The Balaban J connectivity index is 2.23. The summed E-state index contributed by atoms with van der Waals surface area (Å²) in [4.78, 5) is 19.5. The van der Waals surface area contributed by atoms with E-state index in [1.54, 1.807) is 13.0 Å². The summed E-state index contributed by atoms with van der Waals surface area (Å²) in [5, 5.41) is 12.1.